The summed E-state index contributed by atoms with van der Waals surface area (Å²) in [5.74, 6) is 0. The Morgan fingerprint density at radius 1 is 1.41 bits per heavy atom. The van der Waals surface area contributed by atoms with Gasteiger partial charge in [-0.3, -0.25) is 4.90 Å². The third-order valence-electron chi connectivity index (χ3n) is 3.26. The van der Waals surface area contributed by atoms with Crippen molar-refractivity contribution in [2.45, 2.75) is 44.9 Å². The number of hydrogen-bond acceptors (Lipinski definition) is 4. The topological polar surface area (TPSA) is 56.6 Å². The number of amides is 1. The molecule has 2 fully saturated rings. The average molecular weight is 237 g/mol. The summed E-state index contributed by atoms with van der Waals surface area (Å²) >= 11 is 0. The smallest absolute Gasteiger partial charge is 0.410 e. The molecule has 2 aliphatic rings. The molecule has 2 bridgehead atoms. The van der Waals surface area contributed by atoms with Crippen molar-refractivity contribution in [1.29, 1.82) is 5.26 Å². The van der Waals surface area contributed by atoms with E-state index in [1.165, 1.54) is 0 Å². The summed E-state index contributed by atoms with van der Waals surface area (Å²) in [6.07, 6.45) is 0.752. The second-order valence-electron chi connectivity index (χ2n) is 5.76. The van der Waals surface area contributed by atoms with Crippen molar-refractivity contribution < 1.29 is 9.53 Å². The van der Waals surface area contributed by atoms with Gasteiger partial charge in [-0.25, -0.2) is 4.79 Å². The molecule has 2 aliphatic heterocycles. The van der Waals surface area contributed by atoms with E-state index < -0.39 is 5.60 Å². The zero-order valence-corrected chi connectivity index (χ0v) is 10.6. The van der Waals surface area contributed by atoms with E-state index in [1.807, 2.05) is 25.7 Å². The van der Waals surface area contributed by atoms with E-state index in [2.05, 4.69) is 11.0 Å². The van der Waals surface area contributed by atoms with Crippen LogP contribution in [0.5, 0.6) is 0 Å². The molecule has 0 saturated carbocycles. The van der Waals surface area contributed by atoms with Gasteiger partial charge in [-0.2, -0.15) is 5.26 Å². The molecule has 17 heavy (non-hydrogen) atoms. The van der Waals surface area contributed by atoms with Gasteiger partial charge in [0.15, 0.2) is 0 Å². The number of fused-ring (bicyclic) bond motifs is 2. The Hall–Kier alpha value is -1.28. The first-order valence-corrected chi connectivity index (χ1v) is 6.01. The van der Waals surface area contributed by atoms with Crippen LogP contribution in [-0.4, -0.2) is 53.2 Å². The number of nitrogens with zero attached hydrogens (tertiary/aromatic N) is 3. The minimum Gasteiger partial charge on any atom is -0.444 e. The lowest BCUT2D eigenvalue weighted by atomic mass is 10.2. The van der Waals surface area contributed by atoms with Crippen molar-refractivity contribution in [3.8, 4) is 6.07 Å². The van der Waals surface area contributed by atoms with Crippen molar-refractivity contribution in [3.63, 3.8) is 0 Å². The van der Waals surface area contributed by atoms with Gasteiger partial charge in [-0.1, -0.05) is 0 Å². The second-order valence-corrected chi connectivity index (χ2v) is 5.76. The summed E-state index contributed by atoms with van der Waals surface area (Å²) in [4.78, 5) is 15.9. The Balaban J connectivity index is 1.92. The minimum absolute atomic E-state index is 0.221. The van der Waals surface area contributed by atoms with Gasteiger partial charge in [-0.15, -0.1) is 0 Å². The van der Waals surface area contributed by atoms with E-state index >= 15 is 0 Å². The molecular formula is C12H19N3O2. The Morgan fingerprint density at radius 2 is 2.12 bits per heavy atom. The molecule has 0 N–H and O–H groups in total. The summed E-state index contributed by atoms with van der Waals surface area (Å²) in [6.45, 7) is 7.59. The van der Waals surface area contributed by atoms with Crippen LogP contribution >= 0.6 is 0 Å². The number of likely N-dealkylation sites (tertiary alicyclic amines) is 2. The SMILES string of the molecule is CC(C)(C)OC(=O)N1C[C@H]2C[C@@H]1CN2CC#N. The summed E-state index contributed by atoms with van der Waals surface area (Å²) in [6, 6.07) is 2.73. The molecule has 5 heteroatoms. The van der Waals surface area contributed by atoms with E-state index in [4.69, 9.17) is 10.00 Å². The number of nitriles is 1. The lowest BCUT2D eigenvalue weighted by molar-refractivity contribution is 0.0139. The van der Waals surface area contributed by atoms with Gasteiger partial charge in [0.05, 0.1) is 12.6 Å². The predicted octanol–water partition coefficient (Wildman–Crippen LogP) is 1.20. The number of piperazine rings is 1. The second kappa shape index (κ2) is 4.19. The first-order chi connectivity index (χ1) is 7.90. The van der Waals surface area contributed by atoms with Gasteiger partial charge in [0.1, 0.15) is 5.60 Å². The van der Waals surface area contributed by atoms with E-state index in [0.717, 1.165) is 13.0 Å². The van der Waals surface area contributed by atoms with Crippen LogP contribution in [0.15, 0.2) is 0 Å². The van der Waals surface area contributed by atoms with Crippen molar-refractivity contribution in [2.24, 2.45) is 0 Å². The Bertz CT molecular complexity index is 356. The largest absolute Gasteiger partial charge is 0.444 e. The highest BCUT2D eigenvalue weighted by atomic mass is 16.6. The molecule has 2 saturated heterocycles. The zero-order valence-electron chi connectivity index (χ0n) is 10.6. The van der Waals surface area contributed by atoms with Crippen LogP contribution in [0, 0.1) is 11.3 Å². The fourth-order valence-corrected chi connectivity index (χ4v) is 2.58. The molecule has 0 unspecified atom stereocenters. The molecule has 0 spiro atoms. The van der Waals surface area contributed by atoms with Crippen LogP contribution in [0.2, 0.25) is 0 Å². The van der Waals surface area contributed by atoms with E-state index in [-0.39, 0.29) is 12.1 Å². The van der Waals surface area contributed by atoms with Gasteiger partial charge in [0.25, 0.3) is 0 Å². The Kier molecular flexibility index (Phi) is 3.00. The molecule has 2 atom stereocenters. The lowest BCUT2D eigenvalue weighted by Crippen LogP contribution is -2.50. The fraction of sp³-hybridized carbons (Fsp3) is 0.833. The molecule has 2 rings (SSSR count). The molecule has 1 amide bonds. The highest BCUT2D eigenvalue weighted by molar-refractivity contribution is 5.69. The van der Waals surface area contributed by atoms with Gasteiger partial charge < -0.3 is 9.64 Å². The summed E-state index contributed by atoms with van der Waals surface area (Å²) in [7, 11) is 0. The number of rotatable bonds is 1. The maximum absolute atomic E-state index is 11.9. The van der Waals surface area contributed by atoms with E-state index in [9.17, 15) is 4.79 Å². The fourth-order valence-electron chi connectivity index (χ4n) is 2.58. The van der Waals surface area contributed by atoms with Gasteiger partial charge in [0.2, 0.25) is 0 Å². The van der Waals surface area contributed by atoms with Crippen LogP contribution in [0.25, 0.3) is 0 Å². The molecule has 5 nitrogen and oxygen atoms in total. The molecule has 0 aromatic carbocycles. The van der Waals surface area contributed by atoms with Crippen LogP contribution < -0.4 is 0 Å². The zero-order chi connectivity index (χ0) is 12.6. The summed E-state index contributed by atoms with van der Waals surface area (Å²) < 4.78 is 5.37. The molecule has 94 valence electrons. The van der Waals surface area contributed by atoms with Crippen LogP contribution in [0.4, 0.5) is 4.79 Å². The van der Waals surface area contributed by atoms with E-state index in [1.54, 1.807) is 0 Å². The standard InChI is InChI=1S/C12H19N3O2/c1-12(2,3)17-11(16)15-8-9-6-10(15)7-14(9)5-4-13/h9-10H,5-8H2,1-3H3/t9-,10-/m1/s1. The summed E-state index contributed by atoms with van der Waals surface area (Å²) in [5.41, 5.74) is -0.439. The maximum Gasteiger partial charge on any atom is 0.410 e. The van der Waals surface area contributed by atoms with Crippen molar-refractivity contribution >= 4 is 6.09 Å². The highest BCUT2D eigenvalue weighted by Crippen LogP contribution is 2.31. The van der Waals surface area contributed by atoms with Crippen molar-refractivity contribution in [1.82, 2.24) is 9.80 Å². The van der Waals surface area contributed by atoms with Crippen LogP contribution in [0.3, 0.4) is 0 Å². The Morgan fingerprint density at radius 3 is 2.59 bits per heavy atom. The van der Waals surface area contributed by atoms with Gasteiger partial charge in [0, 0.05) is 25.2 Å². The molecule has 0 aliphatic carbocycles. The molecule has 0 radical (unpaired) electrons. The number of carbonyl (C=O) groups is 1. The predicted molar refractivity (Wildman–Crippen MR) is 62.3 cm³/mol. The molecular weight excluding hydrogens is 218 g/mol. The third-order valence-corrected chi connectivity index (χ3v) is 3.26. The van der Waals surface area contributed by atoms with E-state index in [0.29, 0.717) is 19.1 Å². The van der Waals surface area contributed by atoms with Crippen LogP contribution in [-0.2, 0) is 4.74 Å². The number of hydrogen-bond donors (Lipinski definition) is 0. The third kappa shape index (κ3) is 2.52. The van der Waals surface area contributed by atoms with Crippen LogP contribution in [0.1, 0.15) is 27.2 Å². The van der Waals surface area contributed by atoms with Gasteiger partial charge >= 0.3 is 6.09 Å². The molecule has 0 aromatic heterocycles. The monoisotopic (exact) mass is 237 g/mol. The quantitative estimate of drug-likeness (QED) is 0.643. The first kappa shape index (κ1) is 12.2. The average Bonchev–Trinajstić information content (AvgIpc) is 2.74. The normalized spacial score (nSPS) is 28.2. The highest BCUT2D eigenvalue weighted by Gasteiger charge is 2.46. The van der Waals surface area contributed by atoms with Crippen molar-refractivity contribution in [3.05, 3.63) is 0 Å². The minimum atomic E-state index is -0.439. The maximum atomic E-state index is 11.9. The Labute approximate surface area is 102 Å². The van der Waals surface area contributed by atoms with Crippen molar-refractivity contribution in [2.75, 3.05) is 19.6 Å². The number of carbonyl (C=O) groups excluding carboxylic acids is 1. The van der Waals surface area contributed by atoms with Gasteiger partial charge in [-0.05, 0) is 27.2 Å². The lowest BCUT2D eigenvalue weighted by Gasteiger charge is -2.34. The first-order valence-electron chi connectivity index (χ1n) is 6.01. The number of ether oxygens (including phenoxy) is 1. The molecule has 2 heterocycles. The summed E-state index contributed by atoms with van der Waals surface area (Å²) in [5, 5.41) is 8.69. The molecule has 0 aromatic rings.